The molecule has 1 aromatic rings. The topological polar surface area (TPSA) is 83.0 Å². The number of nitrogens with one attached hydrogen (secondary N) is 2. The standard InChI is InChI=1S/C19H32N4O3S.HI/c1-16(14-26-15-17-7-5-4-6-8-17)11-21-19(20-2)22-12-18-9-10-23(13-18)27(3,24)25;/h4-8,16,18H,9-15H2,1-3H3,(H2,20,21,22);1H. The lowest BCUT2D eigenvalue weighted by Gasteiger charge is -2.18. The number of ether oxygens (including phenoxy) is 1. The zero-order chi connectivity index (χ0) is 19.7. The molecule has 1 aromatic carbocycles. The van der Waals surface area contributed by atoms with Crippen LogP contribution in [-0.4, -0.2) is 64.8 Å². The zero-order valence-electron chi connectivity index (χ0n) is 16.9. The van der Waals surface area contributed by atoms with E-state index in [9.17, 15) is 8.42 Å². The van der Waals surface area contributed by atoms with Gasteiger partial charge >= 0.3 is 0 Å². The van der Waals surface area contributed by atoms with Crippen molar-refractivity contribution in [3.05, 3.63) is 35.9 Å². The molecule has 0 amide bonds. The molecule has 1 fully saturated rings. The van der Waals surface area contributed by atoms with Gasteiger partial charge in [0.1, 0.15) is 0 Å². The molecule has 2 N–H and O–H groups in total. The van der Waals surface area contributed by atoms with Crippen molar-refractivity contribution in [3.8, 4) is 0 Å². The number of sulfonamides is 1. The van der Waals surface area contributed by atoms with Crippen LogP contribution in [0.4, 0.5) is 0 Å². The minimum Gasteiger partial charge on any atom is -0.376 e. The molecular formula is C19H33IN4O3S. The average Bonchev–Trinajstić information content (AvgIpc) is 3.12. The smallest absolute Gasteiger partial charge is 0.211 e. The number of guanidine groups is 1. The molecule has 0 saturated carbocycles. The molecule has 2 unspecified atom stereocenters. The fraction of sp³-hybridized carbons (Fsp3) is 0.632. The fourth-order valence-corrected chi connectivity index (χ4v) is 3.93. The third kappa shape index (κ3) is 9.06. The quantitative estimate of drug-likeness (QED) is 0.293. The van der Waals surface area contributed by atoms with E-state index in [-0.39, 0.29) is 24.0 Å². The van der Waals surface area contributed by atoms with E-state index < -0.39 is 10.0 Å². The van der Waals surface area contributed by atoms with E-state index in [1.807, 2.05) is 18.2 Å². The van der Waals surface area contributed by atoms with Crippen LogP contribution in [0, 0.1) is 11.8 Å². The Morgan fingerprint density at radius 1 is 1.32 bits per heavy atom. The predicted octanol–water partition coefficient (Wildman–Crippen LogP) is 1.90. The highest BCUT2D eigenvalue weighted by Crippen LogP contribution is 2.17. The Bertz CT molecular complexity index is 700. The predicted molar refractivity (Wildman–Crippen MR) is 125 cm³/mol. The summed E-state index contributed by atoms with van der Waals surface area (Å²) < 4.78 is 30.5. The molecule has 0 bridgehead atoms. The van der Waals surface area contributed by atoms with Gasteiger partial charge < -0.3 is 15.4 Å². The Balaban J connectivity index is 0.00000392. The minimum absolute atomic E-state index is 0. The molecule has 0 aliphatic carbocycles. The zero-order valence-corrected chi connectivity index (χ0v) is 20.1. The maximum absolute atomic E-state index is 11.6. The SMILES string of the molecule is CN=C(NCC(C)COCc1ccccc1)NCC1CCN(S(C)(=O)=O)C1.I. The summed E-state index contributed by atoms with van der Waals surface area (Å²) in [6.45, 7) is 6.08. The number of aliphatic imine (C=N–C) groups is 1. The summed E-state index contributed by atoms with van der Waals surface area (Å²) in [6.07, 6.45) is 2.14. The van der Waals surface area contributed by atoms with Crippen LogP contribution in [0.2, 0.25) is 0 Å². The van der Waals surface area contributed by atoms with Crippen LogP contribution in [0.25, 0.3) is 0 Å². The van der Waals surface area contributed by atoms with Crippen LogP contribution in [0.3, 0.4) is 0 Å². The lowest BCUT2D eigenvalue weighted by molar-refractivity contribution is 0.0931. The first-order valence-corrected chi connectivity index (χ1v) is 11.2. The molecule has 2 atom stereocenters. The van der Waals surface area contributed by atoms with Gasteiger partial charge in [-0.3, -0.25) is 4.99 Å². The summed E-state index contributed by atoms with van der Waals surface area (Å²) in [7, 11) is -1.34. The van der Waals surface area contributed by atoms with Gasteiger partial charge in [-0.15, -0.1) is 24.0 Å². The Morgan fingerprint density at radius 3 is 2.64 bits per heavy atom. The van der Waals surface area contributed by atoms with Crippen molar-refractivity contribution in [2.24, 2.45) is 16.8 Å². The summed E-state index contributed by atoms with van der Waals surface area (Å²) >= 11 is 0. The van der Waals surface area contributed by atoms with E-state index in [0.29, 0.717) is 44.7 Å². The van der Waals surface area contributed by atoms with Crippen molar-refractivity contribution in [2.75, 3.05) is 46.1 Å². The molecule has 0 radical (unpaired) electrons. The number of rotatable bonds is 9. The highest BCUT2D eigenvalue weighted by molar-refractivity contribution is 14.0. The first-order chi connectivity index (χ1) is 12.9. The molecule has 0 aromatic heterocycles. The molecule has 28 heavy (non-hydrogen) atoms. The molecule has 1 aliphatic heterocycles. The van der Waals surface area contributed by atoms with Gasteiger partial charge in [-0.25, -0.2) is 12.7 Å². The Hall–Kier alpha value is -0.910. The number of hydrogen-bond acceptors (Lipinski definition) is 4. The molecule has 0 spiro atoms. The first-order valence-electron chi connectivity index (χ1n) is 9.39. The van der Waals surface area contributed by atoms with Crippen LogP contribution >= 0.6 is 24.0 Å². The molecule has 7 nitrogen and oxygen atoms in total. The Morgan fingerprint density at radius 2 is 2.04 bits per heavy atom. The van der Waals surface area contributed by atoms with E-state index in [4.69, 9.17) is 4.74 Å². The van der Waals surface area contributed by atoms with Gasteiger partial charge in [0.15, 0.2) is 5.96 Å². The third-order valence-electron chi connectivity index (χ3n) is 4.63. The molecule has 2 rings (SSSR count). The fourth-order valence-electron chi connectivity index (χ4n) is 3.01. The van der Waals surface area contributed by atoms with E-state index in [1.54, 1.807) is 11.4 Å². The summed E-state index contributed by atoms with van der Waals surface area (Å²) in [6, 6.07) is 10.1. The number of hydrogen-bond donors (Lipinski definition) is 2. The normalized spacial score (nSPS) is 19.1. The average molecular weight is 524 g/mol. The monoisotopic (exact) mass is 524 g/mol. The van der Waals surface area contributed by atoms with E-state index in [1.165, 1.54) is 11.8 Å². The summed E-state index contributed by atoms with van der Waals surface area (Å²) in [5.41, 5.74) is 1.18. The van der Waals surface area contributed by atoms with E-state index in [0.717, 1.165) is 18.9 Å². The van der Waals surface area contributed by atoms with Crippen molar-refractivity contribution in [2.45, 2.75) is 20.0 Å². The molecule has 1 heterocycles. The number of halogens is 1. The summed E-state index contributed by atoms with van der Waals surface area (Å²) in [5, 5.41) is 6.61. The minimum atomic E-state index is -3.08. The largest absolute Gasteiger partial charge is 0.376 e. The Labute approximate surface area is 186 Å². The second-order valence-corrected chi connectivity index (χ2v) is 9.20. The summed E-state index contributed by atoms with van der Waals surface area (Å²) in [4.78, 5) is 4.24. The second kappa shape index (κ2) is 12.6. The highest BCUT2D eigenvalue weighted by Gasteiger charge is 2.28. The van der Waals surface area contributed by atoms with Crippen molar-refractivity contribution in [3.63, 3.8) is 0 Å². The van der Waals surface area contributed by atoms with Gasteiger partial charge in [0.2, 0.25) is 10.0 Å². The van der Waals surface area contributed by atoms with Crippen molar-refractivity contribution >= 4 is 40.0 Å². The van der Waals surface area contributed by atoms with Gasteiger partial charge in [-0.2, -0.15) is 0 Å². The van der Waals surface area contributed by atoms with Gasteiger partial charge in [0.25, 0.3) is 0 Å². The summed E-state index contributed by atoms with van der Waals surface area (Å²) in [5.74, 6) is 1.40. The van der Waals surface area contributed by atoms with Gasteiger partial charge in [0.05, 0.1) is 19.5 Å². The lowest BCUT2D eigenvalue weighted by atomic mass is 10.1. The molecular weight excluding hydrogens is 491 g/mol. The van der Waals surface area contributed by atoms with E-state index in [2.05, 4.69) is 34.7 Å². The van der Waals surface area contributed by atoms with Crippen LogP contribution < -0.4 is 10.6 Å². The maximum Gasteiger partial charge on any atom is 0.211 e. The van der Waals surface area contributed by atoms with Crippen molar-refractivity contribution < 1.29 is 13.2 Å². The van der Waals surface area contributed by atoms with E-state index >= 15 is 0 Å². The molecule has 1 saturated heterocycles. The second-order valence-electron chi connectivity index (χ2n) is 7.22. The first kappa shape index (κ1) is 25.1. The van der Waals surface area contributed by atoms with Crippen molar-refractivity contribution in [1.82, 2.24) is 14.9 Å². The van der Waals surface area contributed by atoms with Crippen LogP contribution in [0.15, 0.2) is 35.3 Å². The van der Waals surface area contributed by atoms with Crippen molar-refractivity contribution in [1.29, 1.82) is 0 Å². The maximum atomic E-state index is 11.6. The lowest BCUT2D eigenvalue weighted by Crippen LogP contribution is -2.42. The highest BCUT2D eigenvalue weighted by atomic mass is 127. The molecule has 9 heteroatoms. The van der Waals surface area contributed by atoms with Crippen LogP contribution in [-0.2, 0) is 21.4 Å². The van der Waals surface area contributed by atoms with Crippen LogP contribution in [0.1, 0.15) is 18.9 Å². The van der Waals surface area contributed by atoms with Gasteiger partial charge in [0, 0.05) is 33.2 Å². The Kier molecular flexibility index (Phi) is 11.3. The number of benzene rings is 1. The van der Waals surface area contributed by atoms with Crippen LogP contribution in [0.5, 0.6) is 0 Å². The third-order valence-corrected chi connectivity index (χ3v) is 5.90. The van der Waals surface area contributed by atoms with Gasteiger partial charge in [-0.1, -0.05) is 37.3 Å². The van der Waals surface area contributed by atoms with Gasteiger partial charge in [-0.05, 0) is 23.8 Å². The number of nitrogens with zero attached hydrogens (tertiary/aromatic N) is 2. The molecule has 160 valence electrons. The molecule has 1 aliphatic rings.